The number of thioether (sulfide) groups is 1. The van der Waals surface area contributed by atoms with Crippen molar-refractivity contribution in [2.75, 3.05) is 0 Å². The quantitative estimate of drug-likeness (QED) is 0.580. The molecule has 0 atom stereocenters. The highest BCUT2D eigenvalue weighted by Crippen LogP contribution is 2.36. The number of nitrogens with one attached hydrogen (secondary N) is 1. The van der Waals surface area contributed by atoms with Gasteiger partial charge in [0.25, 0.3) is 5.91 Å². The van der Waals surface area contributed by atoms with Gasteiger partial charge in [0.05, 0.1) is 5.57 Å². The summed E-state index contributed by atoms with van der Waals surface area (Å²) in [7, 11) is 0. The second-order valence-electron chi connectivity index (χ2n) is 9.30. The van der Waals surface area contributed by atoms with Crippen LogP contribution < -0.4 is 0 Å². The first-order valence-corrected chi connectivity index (χ1v) is 12.4. The van der Waals surface area contributed by atoms with Crippen LogP contribution >= 0.6 is 11.8 Å². The number of aromatic nitrogens is 1. The normalized spacial score (nSPS) is 20.4. The van der Waals surface area contributed by atoms with Crippen LogP contribution in [0.4, 0.5) is 0 Å². The number of aryl methyl sites for hydroxylation is 3. The fourth-order valence-corrected chi connectivity index (χ4v) is 6.15. The van der Waals surface area contributed by atoms with Gasteiger partial charge in [-0.2, -0.15) is 15.1 Å². The minimum atomic E-state index is -0.366. The standard InChI is InChI=1S/C26H29N5OS/c1-15-10-16(2)12-21(11-15)30-17(3)13-20(18(30)4)14-22-23(27)31-26(28-24(22)32)33-25(29-31)19-8-6-5-7-9-19/h10-14,19,27H,5-9H2,1-4H3/b22-14-,27-23?. The molecule has 5 rings (SSSR count). The van der Waals surface area contributed by atoms with Crippen LogP contribution in [0, 0.1) is 39.0 Å². The second-order valence-corrected chi connectivity index (χ2v) is 10.3. The molecule has 3 aliphatic rings. The van der Waals surface area contributed by atoms with Crippen LogP contribution in [-0.4, -0.2) is 31.5 Å². The molecule has 0 spiro atoms. The number of amides is 1. The van der Waals surface area contributed by atoms with Gasteiger partial charge < -0.3 is 4.57 Å². The van der Waals surface area contributed by atoms with E-state index in [2.05, 4.69) is 54.6 Å². The second kappa shape index (κ2) is 8.45. The van der Waals surface area contributed by atoms with Crippen molar-refractivity contribution in [3.05, 3.63) is 57.9 Å². The molecule has 33 heavy (non-hydrogen) atoms. The van der Waals surface area contributed by atoms with Gasteiger partial charge >= 0.3 is 0 Å². The lowest BCUT2D eigenvalue weighted by molar-refractivity contribution is -0.114. The van der Waals surface area contributed by atoms with E-state index in [0.29, 0.717) is 11.1 Å². The third-order valence-electron chi connectivity index (χ3n) is 6.66. The predicted molar refractivity (Wildman–Crippen MR) is 136 cm³/mol. The van der Waals surface area contributed by atoms with Gasteiger partial charge in [0.1, 0.15) is 5.04 Å². The van der Waals surface area contributed by atoms with Crippen molar-refractivity contribution in [2.24, 2.45) is 16.0 Å². The lowest BCUT2D eigenvalue weighted by atomic mass is 9.90. The first-order chi connectivity index (χ1) is 15.8. The largest absolute Gasteiger partial charge is 0.318 e. The minimum Gasteiger partial charge on any atom is -0.318 e. The van der Waals surface area contributed by atoms with E-state index in [0.717, 1.165) is 40.5 Å². The maximum atomic E-state index is 12.9. The van der Waals surface area contributed by atoms with Gasteiger partial charge in [-0.1, -0.05) is 25.3 Å². The van der Waals surface area contributed by atoms with Crippen LogP contribution in [0.5, 0.6) is 0 Å². The average Bonchev–Trinajstić information content (AvgIpc) is 3.31. The van der Waals surface area contributed by atoms with E-state index in [9.17, 15) is 4.79 Å². The van der Waals surface area contributed by atoms with Crippen molar-refractivity contribution < 1.29 is 4.79 Å². The maximum absolute atomic E-state index is 12.9. The van der Waals surface area contributed by atoms with Crippen molar-refractivity contribution in [1.29, 1.82) is 5.41 Å². The maximum Gasteiger partial charge on any atom is 0.283 e. The van der Waals surface area contributed by atoms with Crippen molar-refractivity contribution in [3.63, 3.8) is 0 Å². The number of rotatable bonds is 3. The molecule has 0 saturated heterocycles. The molecule has 0 radical (unpaired) electrons. The van der Waals surface area contributed by atoms with Gasteiger partial charge in [0.15, 0.2) is 5.84 Å². The zero-order chi connectivity index (χ0) is 23.3. The zero-order valence-corrected chi connectivity index (χ0v) is 20.4. The fraction of sp³-hybridized carbons (Fsp3) is 0.385. The lowest BCUT2D eigenvalue weighted by Gasteiger charge is -2.20. The molecule has 1 aliphatic carbocycles. The molecule has 7 heteroatoms. The molecular formula is C26H29N5OS. The Morgan fingerprint density at radius 3 is 2.42 bits per heavy atom. The van der Waals surface area contributed by atoms with Crippen LogP contribution in [0.1, 0.15) is 60.2 Å². The average molecular weight is 460 g/mol. The number of aliphatic imine (C=N–C) groups is 1. The first-order valence-electron chi connectivity index (χ1n) is 11.6. The monoisotopic (exact) mass is 459 g/mol. The summed E-state index contributed by atoms with van der Waals surface area (Å²) in [4.78, 5) is 17.2. The summed E-state index contributed by atoms with van der Waals surface area (Å²) in [5.74, 6) is 0.165. The van der Waals surface area contributed by atoms with E-state index in [-0.39, 0.29) is 17.3 Å². The predicted octanol–water partition coefficient (Wildman–Crippen LogP) is 5.91. The lowest BCUT2D eigenvalue weighted by Crippen LogP contribution is -2.35. The number of carbonyl (C=O) groups is 1. The summed E-state index contributed by atoms with van der Waals surface area (Å²) in [5, 5.41) is 16.5. The Morgan fingerprint density at radius 2 is 1.73 bits per heavy atom. The summed E-state index contributed by atoms with van der Waals surface area (Å²) in [6.07, 6.45) is 7.76. The number of hydrogen-bond donors (Lipinski definition) is 1. The highest BCUT2D eigenvalue weighted by molar-refractivity contribution is 8.27. The van der Waals surface area contributed by atoms with Gasteiger partial charge in [-0.3, -0.25) is 10.2 Å². The van der Waals surface area contributed by atoms with Crippen LogP contribution in [0.2, 0.25) is 0 Å². The summed E-state index contributed by atoms with van der Waals surface area (Å²) in [5.41, 5.74) is 6.84. The number of hydrogen-bond acceptors (Lipinski definition) is 4. The topological polar surface area (TPSA) is 73.8 Å². The van der Waals surface area contributed by atoms with Crippen molar-refractivity contribution in [1.82, 2.24) is 9.58 Å². The van der Waals surface area contributed by atoms with E-state index in [1.807, 2.05) is 6.92 Å². The van der Waals surface area contributed by atoms with Gasteiger partial charge in [-0.25, -0.2) is 0 Å². The number of hydrazone groups is 1. The Balaban J connectivity index is 1.49. The molecule has 2 aliphatic heterocycles. The molecule has 0 bridgehead atoms. The van der Waals surface area contributed by atoms with Gasteiger partial charge in [0, 0.05) is 23.0 Å². The number of nitrogens with zero attached hydrogens (tertiary/aromatic N) is 4. The summed E-state index contributed by atoms with van der Waals surface area (Å²) < 4.78 is 2.20. The molecule has 1 saturated carbocycles. The van der Waals surface area contributed by atoms with E-state index >= 15 is 0 Å². The molecular weight excluding hydrogens is 430 g/mol. The Labute approximate surface area is 199 Å². The molecule has 3 heterocycles. The third kappa shape index (κ3) is 3.99. The van der Waals surface area contributed by atoms with Crippen molar-refractivity contribution in [2.45, 2.75) is 59.8 Å². The summed E-state index contributed by atoms with van der Waals surface area (Å²) in [6.45, 7) is 8.31. The van der Waals surface area contributed by atoms with E-state index in [1.54, 1.807) is 11.1 Å². The number of carbonyl (C=O) groups excluding carboxylic acids is 1. The van der Waals surface area contributed by atoms with Crippen LogP contribution in [0.15, 0.2) is 39.9 Å². The number of benzene rings is 1. The highest BCUT2D eigenvalue weighted by atomic mass is 32.2. The summed E-state index contributed by atoms with van der Waals surface area (Å²) in [6, 6.07) is 8.55. The molecule has 170 valence electrons. The van der Waals surface area contributed by atoms with Crippen LogP contribution in [0.3, 0.4) is 0 Å². The molecule has 1 N–H and O–H groups in total. The van der Waals surface area contributed by atoms with E-state index in [1.165, 1.54) is 42.2 Å². The Bertz CT molecular complexity index is 1240. The minimum absolute atomic E-state index is 0.111. The smallest absolute Gasteiger partial charge is 0.283 e. The van der Waals surface area contributed by atoms with Crippen molar-refractivity contribution in [3.8, 4) is 5.69 Å². The fourth-order valence-electron chi connectivity index (χ4n) is 5.09. The first kappa shape index (κ1) is 21.9. The third-order valence-corrected chi connectivity index (χ3v) is 7.73. The molecule has 2 aromatic rings. The Morgan fingerprint density at radius 1 is 1.03 bits per heavy atom. The SMILES string of the molecule is Cc1cc(C)cc(-n2c(C)cc(/C=C3/C(=N)N4N=C(C5CCCCC5)SC4=NC3=O)c2C)c1. The molecule has 1 amide bonds. The summed E-state index contributed by atoms with van der Waals surface area (Å²) >= 11 is 1.46. The van der Waals surface area contributed by atoms with Gasteiger partial charge in [-0.05, 0) is 93.3 Å². The number of fused-ring (bicyclic) bond motifs is 1. The van der Waals surface area contributed by atoms with Crippen LogP contribution in [-0.2, 0) is 4.79 Å². The zero-order valence-electron chi connectivity index (χ0n) is 19.6. The van der Waals surface area contributed by atoms with Crippen LogP contribution in [0.25, 0.3) is 11.8 Å². The Kier molecular flexibility index (Phi) is 5.60. The van der Waals surface area contributed by atoms with E-state index < -0.39 is 0 Å². The van der Waals surface area contributed by atoms with Gasteiger partial charge in [0.2, 0.25) is 5.17 Å². The Hall–Kier alpha value is -2.93. The molecule has 1 fully saturated rings. The molecule has 1 aromatic carbocycles. The molecule has 1 aromatic heterocycles. The van der Waals surface area contributed by atoms with E-state index in [4.69, 9.17) is 10.5 Å². The van der Waals surface area contributed by atoms with Gasteiger partial charge in [-0.15, -0.1) is 0 Å². The molecule has 6 nitrogen and oxygen atoms in total. The highest BCUT2D eigenvalue weighted by Gasteiger charge is 2.38. The molecule has 0 unspecified atom stereocenters. The number of amidine groups is 2. The van der Waals surface area contributed by atoms with Crippen molar-refractivity contribution >= 4 is 39.8 Å².